The van der Waals surface area contributed by atoms with Crippen molar-refractivity contribution >= 4 is 22.6 Å². The maximum absolute atomic E-state index is 10.6. The molecule has 0 radical (unpaired) electrons. The highest BCUT2D eigenvalue weighted by Gasteiger charge is 2.25. The summed E-state index contributed by atoms with van der Waals surface area (Å²) in [5.74, 6) is 1.62. The topological polar surface area (TPSA) is 58.7 Å². The molecule has 1 heterocycles. The Kier molecular flexibility index (Phi) is 7.74. The van der Waals surface area contributed by atoms with Crippen molar-refractivity contribution in [2.24, 2.45) is 11.7 Å². The van der Waals surface area contributed by atoms with Gasteiger partial charge in [0.15, 0.2) is 0 Å². The zero-order chi connectivity index (χ0) is 20.1. The summed E-state index contributed by atoms with van der Waals surface area (Å²) < 4.78 is 5.86. The molecule has 1 aliphatic heterocycles. The van der Waals surface area contributed by atoms with Crippen molar-refractivity contribution in [3.8, 4) is 5.75 Å². The lowest BCUT2D eigenvalue weighted by Crippen LogP contribution is -2.33. The molecule has 1 saturated carbocycles. The molecule has 2 aromatic rings. The van der Waals surface area contributed by atoms with E-state index in [1.807, 2.05) is 24.0 Å². The Morgan fingerprint density at radius 3 is 2.54 bits per heavy atom. The van der Waals surface area contributed by atoms with Gasteiger partial charge >= 0.3 is 0 Å². The standard InChI is InChI=1S/C22H28N2O2.CH3I/c1-15(23)18-6-4-16(5-7-18)11-24-12-19-8-9-20(26-14-17-2-3-17)10-21(19)22(25)13-24;1-2/h4-10,15,17,22,25H,2-3,11-14,23H2,1H3;1H3/t15-,22?;/m0./s1. The molecule has 28 heavy (non-hydrogen) atoms. The summed E-state index contributed by atoms with van der Waals surface area (Å²) in [6.07, 6.45) is 2.10. The molecule has 1 fully saturated rings. The van der Waals surface area contributed by atoms with E-state index in [9.17, 15) is 5.11 Å². The van der Waals surface area contributed by atoms with Crippen LogP contribution in [0.25, 0.3) is 0 Å². The fourth-order valence-electron chi connectivity index (χ4n) is 3.57. The van der Waals surface area contributed by atoms with Crippen LogP contribution in [0.2, 0.25) is 0 Å². The number of nitrogens with two attached hydrogens (primary N) is 1. The normalized spacial score (nSPS) is 20.0. The lowest BCUT2D eigenvalue weighted by molar-refractivity contribution is 0.0878. The van der Waals surface area contributed by atoms with E-state index >= 15 is 0 Å². The van der Waals surface area contributed by atoms with Crippen LogP contribution in [0.1, 0.15) is 54.2 Å². The summed E-state index contributed by atoms with van der Waals surface area (Å²) >= 11 is 2.15. The molecule has 0 spiro atoms. The number of hydrogen-bond donors (Lipinski definition) is 2. The lowest BCUT2D eigenvalue weighted by atomic mass is 9.96. The quantitative estimate of drug-likeness (QED) is 0.456. The minimum Gasteiger partial charge on any atom is -0.493 e. The van der Waals surface area contributed by atoms with E-state index in [0.717, 1.165) is 42.5 Å². The minimum atomic E-state index is -0.466. The lowest BCUT2D eigenvalue weighted by Gasteiger charge is -2.32. The predicted molar refractivity (Wildman–Crippen MR) is 123 cm³/mol. The first kappa shape index (κ1) is 21.6. The molecule has 152 valence electrons. The summed E-state index contributed by atoms with van der Waals surface area (Å²) in [5.41, 5.74) is 10.5. The van der Waals surface area contributed by atoms with Gasteiger partial charge in [-0.15, -0.1) is 0 Å². The Hall–Kier alpha value is -1.15. The van der Waals surface area contributed by atoms with Gasteiger partial charge in [0, 0.05) is 25.7 Å². The maximum Gasteiger partial charge on any atom is 0.119 e. The molecule has 0 aromatic heterocycles. The van der Waals surface area contributed by atoms with Crippen LogP contribution in [-0.2, 0) is 13.1 Å². The smallest absolute Gasteiger partial charge is 0.119 e. The molecule has 3 N–H and O–H groups in total. The summed E-state index contributed by atoms with van der Waals surface area (Å²) in [4.78, 5) is 4.26. The van der Waals surface area contributed by atoms with Crippen molar-refractivity contribution in [2.75, 3.05) is 18.1 Å². The Morgan fingerprint density at radius 2 is 1.89 bits per heavy atom. The van der Waals surface area contributed by atoms with Crippen molar-refractivity contribution in [3.05, 3.63) is 64.7 Å². The van der Waals surface area contributed by atoms with Crippen molar-refractivity contribution in [1.29, 1.82) is 0 Å². The molecular formula is C23H31IN2O2. The van der Waals surface area contributed by atoms with Gasteiger partial charge in [0.25, 0.3) is 0 Å². The fourth-order valence-corrected chi connectivity index (χ4v) is 3.57. The number of rotatable bonds is 6. The van der Waals surface area contributed by atoms with Gasteiger partial charge in [-0.25, -0.2) is 0 Å². The number of halogens is 1. The highest BCUT2D eigenvalue weighted by molar-refractivity contribution is 14.1. The van der Waals surface area contributed by atoms with Crippen LogP contribution in [0.4, 0.5) is 0 Å². The molecule has 1 aliphatic carbocycles. The molecule has 0 bridgehead atoms. The molecule has 5 heteroatoms. The summed E-state index contributed by atoms with van der Waals surface area (Å²) in [7, 11) is 0. The van der Waals surface area contributed by atoms with Gasteiger partial charge in [0.05, 0.1) is 12.7 Å². The predicted octanol–water partition coefficient (Wildman–Crippen LogP) is 4.60. The van der Waals surface area contributed by atoms with Crippen LogP contribution >= 0.6 is 22.6 Å². The van der Waals surface area contributed by atoms with E-state index in [-0.39, 0.29) is 6.04 Å². The van der Waals surface area contributed by atoms with E-state index < -0.39 is 6.10 Å². The second kappa shape index (κ2) is 10.1. The van der Waals surface area contributed by atoms with Gasteiger partial charge < -0.3 is 15.6 Å². The van der Waals surface area contributed by atoms with Gasteiger partial charge in [-0.3, -0.25) is 4.90 Å². The molecule has 4 rings (SSSR count). The molecule has 1 unspecified atom stereocenters. The highest BCUT2D eigenvalue weighted by atomic mass is 127. The molecule has 4 nitrogen and oxygen atoms in total. The van der Waals surface area contributed by atoms with Crippen molar-refractivity contribution in [1.82, 2.24) is 4.90 Å². The van der Waals surface area contributed by atoms with E-state index in [1.54, 1.807) is 0 Å². The van der Waals surface area contributed by atoms with Crippen molar-refractivity contribution in [2.45, 2.75) is 45.0 Å². The third-order valence-electron chi connectivity index (χ3n) is 5.40. The van der Waals surface area contributed by atoms with E-state index in [0.29, 0.717) is 6.54 Å². The SMILES string of the molecule is CI.C[C@H](N)c1ccc(CN2Cc3ccc(OCC4CC4)cc3C(O)C2)cc1. The monoisotopic (exact) mass is 494 g/mol. The van der Waals surface area contributed by atoms with Gasteiger partial charge in [-0.1, -0.05) is 52.9 Å². The number of nitrogens with zero attached hydrogens (tertiary/aromatic N) is 1. The third-order valence-corrected chi connectivity index (χ3v) is 5.40. The van der Waals surface area contributed by atoms with E-state index in [1.165, 1.54) is 24.0 Å². The largest absolute Gasteiger partial charge is 0.493 e. The number of aliphatic hydroxyl groups is 1. The molecular weight excluding hydrogens is 463 g/mol. The Bertz CT molecular complexity index is 760. The number of β-amino-alcohol motifs (C(OH)–C–C–N with tert-alkyl or cyclic N) is 1. The van der Waals surface area contributed by atoms with E-state index in [4.69, 9.17) is 10.5 Å². The molecule has 2 atom stereocenters. The van der Waals surface area contributed by atoms with Crippen LogP contribution in [0, 0.1) is 5.92 Å². The summed E-state index contributed by atoms with van der Waals surface area (Å²) in [5, 5.41) is 10.6. The van der Waals surface area contributed by atoms with Crippen molar-refractivity contribution < 1.29 is 9.84 Å². The second-order valence-electron chi connectivity index (χ2n) is 7.83. The number of aliphatic hydroxyl groups excluding tert-OH is 1. The fraction of sp³-hybridized carbons (Fsp3) is 0.478. The summed E-state index contributed by atoms with van der Waals surface area (Å²) in [6.45, 7) is 5.13. The number of benzene rings is 2. The Balaban J connectivity index is 0.00000109. The number of fused-ring (bicyclic) bond motifs is 1. The van der Waals surface area contributed by atoms with Crippen molar-refractivity contribution in [3.63, 3.8) is 0 Å². The van der Waals surface area contributed by atoms with Crippen LogP contribution < -0.4 is 10.5 Å². The van der Waals surface area contributed by atoms with Crippen LogP contribution in [0.3, 0.4) is 0 Å². The third kappa shape index (κ3) is 5.69. The van der Waals surface area contributed by atoms with E-state index in [2.05, 4.69) is 57.8 Å². The molecule has 0 saturated heterocycles. The minimum absolute atomic E-state index is 0.0593. The zero-order valence-electron chi connectivity index (χ0n) is 16.8. The first-order valence-electron chi connectivity index (χ1n) is 9.97. The highest BCUT2D eigenvalue weighted by Crippen LogP contribution is 2.33. The first-order valence-corrected chi connectivity index (χ1v) is 12.1. The van der Waals surface area contributed by atoms with Crippen LogP contribution in [-0.4, -0.2) is 28.1 Å². The molecule has 2 aliphatic rings. The first-order chi connectivity index (χ1) is 13.6. The number of alkyl halides is 1. The Morgan fingerprint density at radius 1 is 1.18 bits per heavy atom. The number of hydrogen-bond acceptors (Lipinski definition) is 4. The molecule has 0 amide bonds. The average Bonchev–Trinajstić information content (AvgIpc) is 3.53. The second-order valence-corrected chi connectivity index (χ2v) is 7.83. The van der Waals surface area contributed by atoms with Gasteiger partial charge in [0.2, 0.25) is 0 Å². The van der Waals surface area contributed by atoms with Gasteiger partial charge in [0.1, 0.15) is 5.75 Å². The van der Waals surface area contributed by atoms with Crippen LogP contribution in [0.15, 0.2) is 42.5 Å². The molecule has 2 aromatic carbocycles. The maximum atomic E-state index is 10.6. The van der Waals surface area contributed by atoms with Gasteiger partial charge in [-0.2, -0.15) is 0 Å². The Labute approximate surface area is 182 Å². The van der Waals surface area contributed by atoms with Crippen LogP contribution in [0.5, 0.6) is 5.75 Å². The summed E-state index contributed by atoms with van der Waals surface area (Å²) in [6, 6.07) is 14.7. The average molecular weight is 494 g/mol. The number of ether oxygens (including phenoxy) is 1. The van der Waals surface area contributed by atoms with Gasteiger partial charge in [-0.05, 0) is 65.0 Å². The zero-order valence-corrected chi connectivity index (χ0v) is 18.9.